The molecule has 3 atom stereocenters. The summed E-state index contributed by atoms with van der Waals surface area (Å²) in [4.78, 5) is 0. The Balaban J connectivity index is 2.61. The SMILES string of the molecule is CCCCCC(NC(C)CS(C)=O)c1ccccc1. The monoisotopic (exact) mass is 281 g/mol. The Kier molecular flexibility index (Phi) is 7.99. The Morgan fingerprint density at radius 2 is 1.89 bits per heavy atom. The summed E-state index contributed by atoms with van der Waals surface area (Å²) in [5.41, 5.74) is 1.34. The molecular formula is C16H27NOS. The Hall–Kier alpha value is -0.670. The summed E-state index contributed by atoms with van der Waals surface area (Å²) < 4.78 is 11.3. The van der Waals surface area contributed by atoms with E-state index in [1.165, 1.54) is 24.8 Å². The molecule has 3 unspecified atom stereocenters. The third-order valence-corrected chi connectivity index (χ3v) is 4.24. The van der Waals surface area contributed by atoms with Crippen molar-refractivity contribution in [2.24, 2.45) is 0 Å². The zero-order chi connectivity index (χ0) is 14.1. The second-order valence-electron chi connectivity index (χ2n) is 5.27. The van der Waals surface area contributed by atoms with Crippen LogP contribution in [0, 0.1) is 0 Å². The zero-order valence-corrected chi connectivity index (χ0v) is 13.2. The lowest BCUT2D eigenvalue weighted by Crippen LogP contribution is -2.34. The third-order valence-electron chi connectivity index (χ3n) is 3.27. The van der Waals surface area contributed by atoms with Gasteiger partial charge in [0.1, 0.15) is 0 Å². The Labute approximate surface area is 120 Å². The highest BCUT2D eigenvalue weighted by Crippen LogP contribution is 2.20. The predicted molar refractivity (Wildman–Crippen MR) is 84.9 cm³/mol. The fourth-order valence-electron chi connectivity index (χ4n) is 2.37. The van der Waals surface area contributed by atoms with Crippen molar-refractivity contribution < 1.29 is 4.21 Å². The molecule has 0 aliphatic carbocycles. The summed E-state index contributed by atoms with van der Waals surface area (Å²) in [6, 6.07) is 11.3. The fourth-order valence-corrected chi connectivity index (χ4v) is 3.17. The van der Waals surface area contributed by atoms with E-state index in [2.05, 4.69) is 49.5 Å². The first-order valence-electron chi connectivity index (χ1n) is 7.24. The molecule has 1 N–H and O–H groups in total. The molecule has 0 saturated heterocycles. The van der Waals surface area contributed by atoms with Gasteiger partial charge in [-0.05, 0) is 18.9 Å². The van der Waals surface area contributed by atoms with Gasteiger partial charge in [-0.15, -0.1) is 0 Å². The summed E-state index contributed by atoms with van der Waals surface area (Å²) in [6.07, 6.45) is 6.69. The van der Waals surface area contributed by atoms with Crippen molar-refractivity contribution in [3.63, 3.8) is 0 Å². The third kappa shape index (κ3) is 6.88. The highest BCUT2D eigenvalue weighted by molar-refractivity contribution is 7.84. The van der Waals surface area contributed by atoms with Crippen molar-refractivity contribution in [2.45, 2.75) is 51.6 Å². The van der Waals surface area contributed by atoms with Crippen LogP contribution < -0.4 is 5.32 Å². The lowest BCUT2D eigenvalue weighted by Gasteiger charge is -2.23. The standard InChI is InChI=1S/C16H27NOS/c1-4-5-7-12-16(15-10-8-6-9-11-15)17-14(2)13-19(3)18/h6,8-11,14,16-17H,4-5,7,12-13H2,1-3H3. The molecule has 1 aromatic carbocycles. The van der Waals surface area contributed by atoms with Gasteiger partial charge in [-0.2, -0.15) is 0 Å². The van der Waals surface area contributed by atoms with E-state index in [4.69, 9.17) is 0 Å². The van der Waals surface area contributed by atoms with E-state index in [-0.39, 0.29) is 6.04 Å². The van der Waals surface area contributed by atoms with Crippen LogP contribution in [0.2, 0.25) is 0 Å². The summed E-state index contributed by atoms with van der Waals surface area (Å²) in [7, 11) is -0.738. The molecular weight excluding hydrogens is 254 g/mol. The van der Waals surface area contributed by atoms with E-state index in [1.807, 2.05) is 0 Å². The van der Waals surface area contributed by atoms with Gasteiger partial charge in [-0.3, -0.25) is 4.21 Å². The van der Waals surface area contributed by atoms with Crippen LogP contribution in [0.25, 0.3) is 0 Å². The van der Waals surface area contributed by atoms with Crippen molar-refractivity contribution >= 4 is 10.8 Å². The van der Waals surface area contributed by atoms with Crippen molar-refractivity contribution in [1.82, 2.24) is 5.32 Å². The number of unbranched alkanes of at least 4 members (excludes halogenated alkanes) is 2. The summed E-state index contributed by atoms with van der Waals surface area (Å²) in [5.74, 6) is 0.719. The Morgan fingerprint density at radius 3 is 2.47 bits per heavy atom. The summed E-state index contributed by atoms with van der Waals surface area (Å²) in [6.45, 7) is 4.35. The van der Waals surface area contributed by atoms with Gasteiger partial charge in [0.05, 0.1) is 0 Å². The molecule has 0 radical (unpaired) electrons. The van der Waals surface area contributed by atoms with Crippen LogP contribution >= 0.6 is 0 Å². The smallest absolute Gasteiger partial charge is 0.0383 e. The molecule has 3 heteroatoms. The molecule has 0 heterocycles. The molecule has 0 saturated carbocycles. The molecule has 0 bridgehead atoms. The van der Waals surface area contributed by atoms with E-state index in [0.717, 1.165) is 12.2 Å². The van der Waals surface area contributed by atoms with Crippen molar-refractivity contribution in [3.8, 4) is 0 Å². The van der Waals surface area contributed by atoms with Gasteiger partial charge in [0.15, 0.2) is 0 Å². The van der Waals surface area contributed by atoms with E-state index < -0.39 is 10.8 Å². The lowest BCUT2D eigenvalue weighted by molar-refractivity contribution is 0.437. The van der Waals surface area contributed by atoms with Crippen LogP contribution in [-0.2, 0) is 10.8 Å². The number of hydrogen-bond donors (Lipinski definition) is 1. The second kappa shape index (κ2) is 9.27. The van der Waals surface area contributed by atoms with Gasteiger partial charge in [0.2, 0.25) is 0 Å². The molecule has 0 aliphatic heterocycles. The molecule has 108 valence electrons. The zero-order valence-electron chi connectivity index (χ0n) is 12.4. The first-order chi connectivity index (χ1) is 9.13. The minimum atomic E-state index is -0.738. The highest BCUT2D eigenvalue weighted by atomic mass is 32.2. The number of benzene rings is 1. The second-order valence-corrected chi connectivity index (χ2v) is 6.75. The molecule has 0 amide bonds. The quantitative estimate of drug-likeness (QED) is 0.700. The highest BCUT2D eigenvalue weighted by Gasteiger charge is 2.14. The van der Waals surface area contributed by atoms with Gasteiger partial charge in [-0.1, -0.05) is 56.5 Å². The van der Waals surface area contributed by atoms with Crippen LogP contribution in [0.4, 0.5) is 0 Å². The molecule has 0 fully saturated rings. The van der Waals surface area contributed by atoms with E-state index >= 15 is 0 Å². The number of nitrogens with one attached hydrogen (secondary N) is 1. The maximum atomic E-state index is 11.3. The summed E-state index contributed by atoms with van der Waals surface area (Å²) in [5, 5.41) is 3.63. The first-order valence-corrected chi connectivity index (χ1v) is 8.97. The van der Waals surface area contributed by atoms with E-state index in [9.17, 15) is 4.21 Å². The van der Waals surface area contributed by atoms with Gasteiger partial charge in [-0.25, -0.2) is 0 Å². The van der Waals surface area contributed by atoms with Crippen LogP contribution in [0.5, 0.6) is 0 Å². The molecule has 0 aliphatic rings. The molecule has 19 heavy (non-hydrogen) atoms. The molecule has 0 spiro atoms. The maximum Gasteiger partial charge on any atom is 0.0383 e. The average Bonchev–Trinajstić information content (AvgIpc) is 2.38. The molecule has 0 aromatic heterocycles. The van der Waals surface area contributed by atoms with Crippen molar-refractivity contribution in [2.75, 3.05) is 12.0 Å². The van der Waals surface area contributed by atoms with Gasteiger partial charge >= 0.3 is 0 Å². The predicted octanol–water partition coefficient (Wildman–Crippen LogP) is 3.66. The van der Waals surface area contributed by atoms with Gasteiger partial charge in [0.25, 0.3) is 0 Å². The van der Waals surface area contributed by atoms with Crippen LogP contribution in [0.3, 0.4) is 0 Å². The minimum Gasteiger partial charge on any atom is -0.307 e. The van der Waals surface area contributed by atoms with Crippen LogP contribution in [0.1, 0.15) is 51.1 Å². The van der Waals surface area contributed by atoms with Crippen LogP contribution in [-0.4, -0.2) is 22.3 Å². The van der Waals surface area contributed by atoms with Gasteiger partial charge in [0, 0.05) is 34.9 Å². The van der Waals surface area contributed by atoms with Crippen molar-refractivity contribution in [3.05, 3.63) is 35.9 Å². The first kappa shape index (κ1) is 16.4. The van der Waals surface area contributed by atoms with Gasteiger partial charge < -0.3 is 5.32 Å². The van der Waals surface area contributed by atoms with E-state index in [1.54, 1.807) is 6.26 Å². The maximum absolute atomic E-state index is 11.3. The van der Waals surface area contributed by atoms with E-state index in [0.29, 0.717) is 6.04 Å². The minimum absolute atomic E-state index is 0.290. The number of hydrogen-bond acceptors (Lipinski definition) is 2. The lowest BCUT2D eigenvalue weighted by atomic mass is 10.00. The number of rotatable bonds is 9. The fraction of sp³-hybridized carbons (Fsp3) is 0.625. The summed E-state index contributed by atoms with van der Waals surface area (Å²) >= 11 is 0. The molecule has 1 rings (SSSR count). The topological polar surface area (TPSA) is 29.1 Å². The normalized spacial score (nSPS) is 15.9. The Bertz CT molecular complexity index is 366. The van der Waals surface area contributed by atoms with Crippen molar-refractivity contribution in [1.29, 1.82) is 0 Å². The average molecular weight is 281 g/mol. The van der Waals surface area contributed by atoms with Crippen LogP contribution in [0.15, 0.2) is 30.3 Å². The largest absolute Gasteiger partial charge is 0.307 e. The Morgan fingerprint density at radius 1 is 1.21 bits per heavy atom. The molecule has 1 aromatic rings. The molecule has 2 nitrogen and oxygen atoms in total.